The summed E-state index contributed by atoms with van der Waals surface area (Å²) in [5.74, 6) is 0.558. The molecule has 0 bridgehead atoms. The molecule has 2 N–H and O–H groups in total. The third kappa shape index (κ3) is 5.36. The van der Waals surface area contributed by atoms with Crippen LogP contribution in [-0.2, 0) is 22.7 Å². The fraction of sp³-hybridized carbons (Fsp3) is 0.364. The van der Waals surface area contributed by atoms with E-state index in [9.17, 15) is 9.59 Å². The number of benzene rings is 2. The average Bonchev–Trinajstić information content (AvgIpc) is 3.24. The number of nitrogens with one attached hydrogen (secondary N) is 2. The summed E-state index contributed by atoms with van der Waals surface area (Å²) in [5.41, 5.74) is 3.70. The van der Waals surface area contributed by atoms with E-state index in [0.29, 0.717) is 32.8 Å². The van der Waals surface area contributed by atoms with Crippen LogP contribution in [0.25, 0.3) is 11.0 Å². The van der Waals surface area contributed by atoms with E-state index in [1.54, 1.807) is 0 Å². The largest absolute Gasteiger partial charge is 0.494 e. The highest BCUT2D eigenvalue weighted by molar-refractivity contribution is 7.00. The van der Waals surface area contributed by atoms with Gasteiger partial charge in [-0.2, -0.15) is 8.75 Å². The SMILES string of the molecule is CCOc1ccc(CN2CCNC(=O)C2CC(=O)NCc2ccc3nsnc3c2)cc1. The van der Waals surface area contributed by atoms with E-state index in [1.807, 2.05) is 49.4 Å². The minimum absolute atomic E-state index is 0.109. The molecular formula is C22H25N5O3S. The van der Waals surface area contributed by atoms with Crippen LogP contribution in [0.2, 0.25) is 0 Å². The number of aromatic nitrogens is 2. The Balaban J connectivity index is 1.35. The molecule has 8 nitrogen and oxygen atoms in total. The zero-order valence-electron chi connectivity index (χ0n) is 17.3. The molecule has 1 aliphatic rings. The monoisotopic (exact) mass is 439 g/mol. The van der Waals surface area contributed by atoms with Crippen molar-refractivity contribution in [2.75, 3.05) is 19.7 Å². The van der Waals surface area contributed by atoms with Gasteiger partial charge in [0.2, 0.25) is 11.8 Å². The van der Waals surface area contributed by atoms with Crippen molar-refractivity contribution in [2.45, 2.75) is 32.5 Å². The molecule has 4 rings (SSSR count). The van der Waals surface area contributed by atoms with Crippen LogP contribution in [0.4, 0.5) is 0 Å². The molecule has 9 heteroatoms. The summed E-state index contributed by atoms with van der Waals surface area (Å²) in [4.78, 5) is 27.1. The number of amides is 2. The Morgan fingerprint density at radius 3 is 2.77 bits per heavy atom. The number of carbonyl (C=O) groups excluding carboxylic acids is 2. The number of carbonyl (C=O) groups is 2. The topological polar surface area (TPSA) is 96.5 Å². The van der Waals surface area contributed by atoms with Gasteiger partial charge in [-0.25, -0.2) is 0 Å². The first-order valence-electron chi connectivity index (χ1n) is 10.3. The third-order valence-electron chi connectivity index (χ3n) is 5.25. The maximum Gasteiger partial charge on any atom is 0.237 e. The van der Waals surface area contributed by atoms with Crippen LogP contribution in [0.15, 0.2) is 42.5 Å². The van der Waals surface area contributed by atoms with E-state index in [0.717, 1.165) is 27.9 Å². The molecular weight excluding hydrogens is 414 g/mol. The van der Waals surface area contributed by atoms with E-state index in [-0.39, 0.29) is 18.2 Å². The maximum absolute atomic E-state index is 12.6. The number of piperazine rings is 1. The molecule has 0 aliphatic carbocycles. The summed E-state index contributed by atoms with van der Waals surface area (Å²) in [7, 11) is 0. The molecule has 1 saturated heterocycles. The standard InChI is InChI=1S/C22H25N5O3S/c1-2-30-17-6-3-15(4-7-17)14-27-10-9-23-22(29)20(27)12-21(28)24-13-16-5-8-18-19(11-16)26-31-25-18/h3-8,11,20H,2,9-10,12-14H2,1H3,(H,23,29)(H,24,28). The minimum Gasteiger partial charge on any atom is -0.494 e. The summed E-state index contributed by atoms with van der Waals surface area (Å²) in [6.45, 7) is 4.84. The van der Waals surface area contributed by atoms with Crippen molar-refractivity contribution in [1.82, 2.24) is 24.3 Å². The summed E-state index contributed by atoms with van der Waals surface area (Å²) < 4.78 is 13.9. The van der Waals surface area contributed by atoms with Gasteiger partial charge >= 0.3 is 0 Å². The van der Waals surface area contributed by atoms with Crippen LogP contribution >= 0.6 is 11.7 Å². The molecule has 0 spiro atoms. The lowest BCUT2D eigenvalue weighted by Crippen LogP contribution is -2.56. The summed E-state index contributed by atoms with van der Waals surface area (Å²) >= 11 is 1.17. The number of ether oxygens (including phenoxy) is 1. The lowest BCUT2D eigenvalue weighted by molar-refractivity contribution is -0.134. The van der Waals surface area contributed by atoms with E-state index < -0.39 is 6.04 Å². The summed E-state index contributed by atoms with van der Waals surface area (Å²) in [6, 6.07) is 13.1. The quantitative estimate of drug-likeness (QED) is 0.558. The first-order valence-corrected chi connectivity index (χ1v) is 11.1. The normalized spacial score (nSPS) is 16.8. The molecule has 2 aromatic carbocycles. The first kappa shape index (κ1) is 21.2. The molecule has 1 unspecified atom stereocenters. The maximum atomic E-state index is 12.6. The van der Waals surface area contributed by atoms with Crippen molar-refractivity contribution in [3.63, 3.8) is 0 Å². The first-order chi connectivity index (χ1) is 15.1. The van der Waals surface area contributed by atoms with Gasteiger partial charge in [-0.3, -0.25) is 14.5 Å². The second kappa shape index (κ2) is 9.84. The smallest absolute Gasteiger partial charge is 0.237 e. The Morgan fingerprint density at radius 1 is 1.19 bits per heavy atom. The molecule has 2 heterocycles. The summed E-state index contributed by atoms with van der Waals surface area (Å²) in [6.07, 6.45) is 0.114. The number of hydrogen-bond acceptors (Lipinski definition) is 7. The van der Waals surface area contributed by atoms with Crippen molar-refractivity contribution in [3.8, 4) is 5.75 Å². The van der Waals surface area contributed by atoms with Gasteiger partial charge in [0.25, 0.3) is 0 Å². The fourth-order valence-electron chi connectivity index (χ4n) is 3.65. The van der Waals surface area contributed by atoms with Gasteiger partial charge in [0.15, 0.2) is 0 Å². The number of rotatable bonds is 8. The van der Waals surface area contributed by atoms with E-state index in [1.165, 1.54) is 11.7 Å². The lowest BCUT2D eigenvalue weighted by atomic mass is 10.1. The fourth-order valence-corrected chi connectivity index (χ4v) is 4.17. The van der Waals surface area contributed by atoms with E-state index in [2.05, 4.69) is 24.3 Å². The Hall–Kier alpha value is -3.04. The average molecular weight is 440 g/mol. The highest BCUT2D eigenvalue weighted by atomic mass is 32.1. The zero-order valence-corrected chi connectivity index (χ0v) is 18.2. The van der Waals surface area contributed by atoms with Gasteiger partial charge in [0, 0.05) is 26.2 Å². The van der Waals surface area contributed by atoms with Crippen LogP contribution in [0.1, 0.15) is 24.5 Å². The zero-order chi connectivity index (χ0) is 21.6. The van der Waals surface area contributed by atoms with E-state index in [4.69, 9.17) is 4.74 Å². The van der Waals surface area contributed by atoms with Crippen LogP contribution < -0.4 is 15.4 Å². The highest BCUT2D eigenvalue weighted by Crippen LogP contribution is 2.18. The van der Waals surface area contributed by atoms with Crippen molar-refractivity contribution < 1.29 is 14.3 Å². The second-order valence-corrected chi connectivity index (χ2v) is 7.95. The Morgan fingerprint density at radius 2 is 1.97 bits per heavy atom. The second-order valence-electron chi connectivity index (χ2n) is 7.42. The number of fused-ring (bicyclic) bond motifs is 1. The van der Waals surface area contributed by atoms with Gasteiger partial charge in [-0.1, -0.05) is 18.2 Å². The van der Waals surface area contributed by atoms with Crippen LogP contribution in [-0.4, -0.2) is 51.2 Å². The van der Waals surface area contributed by atoms with Gasteiger partial charge in [0.05, 0.1) is 30.8 Å². The predicted molar refractivity (Wildman–Crippen MR) is 119 cm³/mol. The van der Waals surface area contributed by atoms with Crippen LogP contribution in [0.5, 0.6) is 5.75 Å². The molecule has 1 aliphatic heterocycles. The third-order valence-corrected chi connectivity index (χ3v) is 5.80. The Labute approximate surface area is 184 Å². The number of nitrogens with zero attached hydrogens (tertiary/aromatic N) is 3. The Kier molecular flexibility index (Phi) is 6.73. The van der Waals surface area contributed by atoms with Crippen molar-refractivity contribution in [3.05, 3.63) is 53.6 Å². The molecule has 1 atom stereocenters. The van der Waals surface area contributed by atoms with Crippen molar-refractivity contribution in [2.24, 2.45) is 0 Å². The van der Waals surface area contributed by atoms with Crippen LogP contribution in [0, 0.1) is 0 Å². The molecule has 1 aromatic heterocycles. The highest BCUT2D eigenvalue weighted by Gasteiger charge is 2.31. The van der Waals surface area contributed by atoms with Crippen molar-refractivity contribution in [1.29, 1.82) is 0 Å². The Bertz CT molecular complexity index is 1050. The van der Waals surface area contributed by atoms with Gasteiger partial charge in [-0.15, -0.1) is 0 Å². The van der Waals surface area contributed by atoms with Crippen molar-refractivity contribution >= 4 is 34.6 Å². The van der Waals surface area contributed by atoms with Crippen LogP contribution in [0.3, 0.4) is 0 Å². The summed E-state index contributed by atoms with van der Waals surface area (Å²) in [5, 5.41) is 5.80. The number of hydrogen-bond donors (Lipinski definition) is 2. The lowest BCUT2D eigenvalue weighted by Gasteiger charge is -2.34. The van der Waals surface area contributed by atoms with Gasteiger partial charge in [-0.05, 0) is 42.3 Å². The molecule has 1 fully saturated rings. The van der Waals surface area contributed by atoms with Gasteiger partial charge in [0.1, 0.15) is 16.8 Å². The molecule has 0 saturated carbocycles. The molecule has 0 radical (unpaired) electrons. The predicted octanol–water partition coefficient (Wildman–Crippen LogP) is 2.10. The molecule has 162 valence electrons. The molecule has 31 heavy (non-hydrogen) atoms. The minimum atomic E-state index is -0.495. The van der Waals surface area contributed by atoms with E-state index >= 15 is 0 Å². The van der Waals surface area contributed by atoms with Gasteiger partial charge < -0.3 is 15.4 Å². The molecule has 2 amide bonds. The molecule has 3 aromatic rings.